The van der Waals surface area contributed by atoms with Crippen molar-refractivity contribution in [1.29, 1.82) is 5.26 Å². The van der Waals surface area contributed by atoms with Gasteiger partial charge in [0.1, 0.15) is 0 Å². The van der Waals surface area contributed by atoms with Crippen molar-refractivity contribution in [3.05, 3.63) is 35.4 Å². The van der Waals surface area contributed by atoms with Crippen LogP contribution in [0.4, 0.5) is 0 Å². The van der Waals surface area contributed by atoms with Gasteiger partial charge in [-0.15, -0.1) is 0 Å². The first kappa shape index (κ1) is 15.7. The van der Waals surface area contributed by atoms with Gasteiger partial charge in [0.05, 0.1) is 17.7 Å². The van der Waals surface area contributed by atoms with Crippen LogP contribution in [0.1, 0.15) is 44.9 Å². The third-order valence-electron chi connectivity index (χ3n) is 3.69. The lowest BCUT2D eigenvalue weighted by Gasteiger charge is -2.27. The first-order valence-corrected chi connectivity index (χ1v) is 6.73. The van der Waals surface area contributed by atoms with Crippen LogP contribution in [0.5, 0.6) is 0 Å². The Hall–Kier alpha value is -1.37. The standard InChI is InChI=1S/C16H24N2O/c1-12(16(2,3)4)10-18-11-15(19)14-7-5-13(9-17)6-8-14/h5-8,12,15,18-19H,10-11H2,1-4H3. The van der Waals surface area contributed by atoms with Crippen molar-refractivity contribution in [3.63, 3.8) is 0 Å². The first-order valence-electron chi connectivity index (χ1n) is 6.73. The van der Waals surface area contributed by atoms with Gasteiger partial charge in [0.25, 0.3) is 0 Å². The minimum Gasteiger partial charge on any atom is -0.387 e. The fourth-order valence-electron chi connectivity index (χ4n) is 1.64. The summed E-state index contributed by atoms with van der Waals surface area (Å²) < 4.78 is 0. The third kappa shape index (κ3) is 5.02. The quantitative estimate of drug-likeness (QED) is 0.856. The first-order chi connectivity index (χ1) is 8.84. The van der Waals surface area contributed by atoms with Gasteiger partial charge in [-0.3, -0.25) is 0 Å². The molecule has 2 N–H and O–H groups in total. The van der Waals surface area contributed by atoms with Crippen molar-refractivity contribution < 1.29 is 5.11 Å². The lowest BCUT2D eigenvalue weighted by molar-refractivity contribution is 0.166. The van der Waals surface area contributed by atoms with Gasteiger partial charge >= 0.3 is 0 Å². The molecule has 1 aromatic rings. The van der Waals surface area contributed by atoms with E-state index in [2.05, 4.69) is 39.1 Å². The van der Waals surface area contributed by atoms with E-state index in [1.54, 1.807) is 24.3 Å². The van der Waals surface area contributed by atoms with Crippen molar-refractivity contribution in [1.82, 2.24) is 5.32 Å². The van der Waals surface area contributed by atoms with Gasteiger partial charge in [-0.2, -0.15) is 5.26 Å². The smallest absolute Gasteiger partial charge is 0.0991 e. The SMILES string of the molecule is CC(CNCC(O)c1ccc(C#N)cc1)C(C)(C)C. The molecule has 0 aromatic heterocycles. The molecular formula is C16H24N2O. The van der Waals surface area contributed by atoms with Crippen molar-refractivity contribution in [2.75, 3.05) is 13.1 Å². The zero-order valence-corrected chi connectivity index (χ0v) is 12.3. The molecule has 0 fully saturated rings. The molecule has 3 nitrogen and oxygen atoms in total. The molecule has 0 spiro atoms. The average Bonchev–Trinajstić information content (AvgIpc) is 2.37. The second kappa shape index (κ2) is 6.70. The maximum atomic E-state index is 10.1. The van der Waals surface area contributed by atoms with Crippen LogP contribution in [0.2, 0.25) is 0 Å². The normalized spacial score (nSPS) is 14.7. The van der Waals surface area contributed by atoms with Crippen LogP contribution in [0.15, 0.2) is 24.3 Å². The van der Waals surface area contributed by atoms with Gasteiger partial charge in [0.15, 0.2) is 0 Å². The molecule has 0 heterocycles. The van der Waals surface area contributed by atoms with Gasteiger partial charge in [-0.25, -0.2) is 0 Å². The summed E-state index contributed by atoms with van der Waals surface area (Å²) in [5.41, 5.74) is 1.73. The lowest BCUT2D eigenvalue weighted by Crippen LogP contribution is -2.32. The Morgan fingerprint density at radius 2 is 1.79 bits per heavy atom. The van der Waals surface area contributed by atoms with Gasteiger partial charge in [0, 0.05) is 6.54 Å². The molecule has 3 heteroatoms. The number of rotatable bonds is 5. The monoisotopic (exact) mass is 260 g/mol. The predicted molar refractivity (Wildman–Crippen MR) is 77.6 cm³/mol. The highest BCUT2D eigenvalue weighted by Gasteiger charge is 2.19. The number of aliphatic hydroxyl groups excluding tert-OH is 1. The average molecular weight is 260 g/mol. The number of nitrogens with zero attached hydrogens (tertiary/aromatic N) is 1. The van der Waals surface area contributed by atoms with Crippen LogP contribution in [0, 0.1) is 22.7 Å². The fourth-order valence-corrected chi connectivity index (χ4v) is 1.64. The van der Waals surface area contributed by atoms with Crippen LogP contribution >= 0.6 is 0 Å². The molecule has 0 bridgehead atoms. The van der Waals surface area contributed by atoms with E-state index in [1.807, 2.05) is 0 Å². The van der Waals surface area contributed by atoms with Gasteiger partial charge in [-0.05, 0) is 35.6 Å². The highest BCUT2D eigenvalue weighted by molar-refractivity contribution is 5.32. The molecule has 0 saturated carbocycles. The predicted octanol–water partition coefficient (Wildman–Crippen LogP) is 2.86. The van der Waals surface area contributed by atoms with Crippen molar-refractivity contribution in [3.8, 4) is 6.07 Å². The fraction of sp³-hybridized carbons (Fsp3) is 0.562. The summed E-state index contributed by atoms with van der Waals surface area (Å²) >= 11 is 0. The minimum absolute atomic E-state index is 0.270. The van der Waals surface area contributed by atoms with Crippen LogP contribution in [0.3, 0.4) is 0 Å². The highest BCUT2D eigenvalue weighted by atomic mass is 16.3. The molecule has 0 amide bonds. The Kier molecular flexibility index (Phi) is 5.53. The van der Waals surface area contributed by atoms with E-state index >= 15 is 0 Å². The van der Waals surface area contributed by atoms with Crippen molar-refractivity contribution >= 4 is 0 Å². The van der Waals surface area contributed by atoms with E-state index in [0.29, 0.717) is 18.0 Å². The van der Waals surface area contributed by atoms with E-state index in [0.717, 1.165) is 12.1 Å². The van der Waals surface area contributed by atoms with Crippen LogP contribution in [-0.4, -0.2) is 18.2 Å². The number of hydrogen-bond donors (Lipinski definition) is 2. The molecular weight excluding hydrogens is 236 g/mol. The number of nitriles is 1. The molecule has 1 aromatic carbocycles. The molecule has 0 saturated heterocycles. The Labute approximate surface area is 116 Å². The van der Waals surface area contributed by atoms with E-state index < -0.39 is 6.10 Å². The molecule has 2 atom stereocenters. The number of hydrogen-bond acceptors (Lipinski definition) is 3. The second-order valence-electron chi connectivity index (χ2n) is 6.17. The maximum Gasteiger partial charge on any atom is 0.0991 e. The second-order valence-corrected chi connectivity index (χ2v) is 6.17. The Morgan fingerprint density at radius 1 is 1.21 bits per heavy atom. The maximum absolute atomic E-state index is 10.1. The lowest BCUT2D eigenvalue weighted by atomic mass is 9.82. The van der Waals surface area contributed by atoms with E-state index in [1.165, 1.54) is 0 Å². The largest absolute Gasteiger partial charge is 0.387 e. The third-order valence-corrected chi connectivity index (χ3v) is 3.69. The number of benzene rings is 1. The van der Waals surface area contributed by atoms with Crippen molar-refractivity contribution in [2.45, 2.75) is 33.8 Å². The van der Waals surface area contributed by atoms with Crippen LogP contribution in [-0.2, 0) is 0 Å². The molecule has 2 unspecified atom stereocenters. The number of aliphatic hydroxyl groups is 1. The highest BCUT2D eigenvalue weighted by Crippen LogP contribution is 2.24. The van der Waals surface area contributed by atoms with Gasteiger partial charge < -0.3 is 10.4 Å². The van der Waals surface area contributed by atoms with Crippen LogP contribution < -0.4 is 5.32 Å². The summed E-state index contributed by atoms with van der Waals surface area (Å²) in [6.07, 6.45) is -0.528. The summed E-state index contributed by atoms with van der Waals surface area (Å²) in [5, 5.41) is 22.1. The molecule has 0 aliphatic carbocycles. The van der Waals surface area contributed by atoms with Crippen molar-refractivity contribution in [2.24, 2.45) is 11.3 Å². The molecule has 19 heavy (non-hydrogen) atoms. The zero-order chi connectivity index (χ0) is 14.5. The summed E-state index contributed by atoms with van der Waals surface area (Å²) in [5.74, 6) is 0.542. The Morgan fingerprint density at radius 3 is 2.26 bits per heavy atom. The van der Waals surface area contributed by atoms with E-state index in [9.17, 15) is 5.11 Å². The van der Waals surface area contributed by atoms with Gasteiger partial charge in [-0.1, -0.05) is 39.8 Å². The summed E-state index contributed by atoms with van der Waals surface area (Å²) in [7, 11) is 0. The van der Waals surface area contributed by atoms with Crippen LogP contribution in [0.25, 0.3) is 0 Å². The Bertz CT molecular complexity index is 426. The zero-order valence-electron chi connectivity index (χ0n) is 12.3. The molecule has 0 aliphatic rings. The van der Waals surface area contributed by atoms with E-state index in [-0.39, 0.29) is 5.41 Å². The molecule has 0 aliphatic heterocycles. The Balaban J connectivity index is 2.43. The summed E-state index contributed by atoms with van der Waals surface area (Å²) in [6.45, 7) is 10.3. The molecule has 104 valence electrons. The number of nitrogens with one attached hydrogen (secondary N) is 1. The summed E-state index contributed by atoms with van der Waals surface area (Å²) in [6, 6.07) is 9.14. The topological polar surface area (TPSA) is 56.0 Å². The van der Waals surface area contributed by atoms with Gasteiger partial charge in [0.2, 0.25) is 0 Å². The summed E-state index contributed by atoms with van der Waals surface area (Å²) in [4.78, 5) is 0. The van der Waals surface area contributed by atoms with E-state index in [4.69, 9.17) is 5.26 Å². The molecule has 1 rings (SSSR count). The minimum atomic E-state index is -0.528. The molecule has 0 radical (unpaired) electrons.